The summed E-state index contributed by atoms with van der Waals surface area (Å²) in [7, 11) is 3.86. The zero-order valence-corrected chi connectivity index (χ0v) is 18.6. The third-order valence-electron chi connectivity index (χ3n) is 5.57. The number of rotatable bonds is 8. The van der Waals surface area contributed by atoms with E-state index in [0.29, 0.717) is 24.5 Å². The zero-order valence-electron chi connectivity index (χ0n) is 17.7. The molecule has 9 nitrogen and oxygen atoms in total. The van der Waals surface area contributed by atoms with Crippen molar-refractivity contribution in [3.05, 3.63) is 23.3 Å². The number of nitrogens with zero attached hydrogens (tertiary/aromatic N) is 4. The first kappa shape index (κ1) is 22.8. The summed E-state index contributed by atoms with van der Waals surface area (Å²) in [5, 5.41) is 9.61. The van der Waals surface area contributed by atoms with Crippen LogP contribution in [0.15, 0.2) is 23.3 Å². The Kier molecular flexibility index (Phi) is 7.22. The molecule has 0 saturated carbocycles. The summed E-state index contributed by atoms with van der Waals surface area (Å²) in [5.41, 5.74) is 0.215. The van der Waals surface area contributed by atoms with Gasteiger partial charge in [-0.05, 0) is 21.0 Å². The molecule has 0 bridgehead atoms. The molecule has 30 heavy (non-hydrogen) atoms. The van der Waals surface area contributed by atoms with Crippen LogP contribution >= 0.6 is 11.8 Å². The summed E-state index contributed by atoms with van der Waals surface area (Å²) in [6.45, 7) is 8.86. The lowest BCUT2D eigenvalue weighted by molar-refractivity contribution is -0.158. The molecule has 0 spiro atoms. The molecule has 3 aliphatic heterocycles. The van der Waals surface area contributed by atoms with E-state index in [4.69, 9.17) is 4.74 Å². The normalized spacial score (nSPS) is 25.3. The van der Waals surface area contributed by atoms with Crippen LogP contribution in [0.2, 0.25) is 0 Å². The van der Waals surface area contributed by atoms with Crippen LogP contribution in [0.5, 0.6) is 0 Å². The van der Waals surface area contributed by atoms with Gasteiger partial charge in [0.05, 0.1) is 18.6 Å². The number of piperazine rings is 1. The third-order valence-corrected chi connectivity index (χ3v) is 6.92. The van der Waals surface area contributed by atoms with Crippen molar-refractivity contribution < 1.29 is 24.2 Å². The minimum atomic E-state index is -0.799. The average molecular weight is 439 g/mol. The van der Waals surface area contributed by atoms with Gasteiger partial charge in [-0.3, -0.25) is 19.4 Å². The number of hydrogen-bond acceptors (Lipinski definition) is 8. The van der Waals surface area contributed by atoms with E-state index in [2.05, 4.69) is 11.5 Å². The minimum absolute atomic E-state index is 0.0462. The van der Waals surface area contributed by atoms with Crippen molar-refractivity contribution in [2.24, 2.45) is 5.92 Å². The van der Waals surface area contributed by atoms with Crippen LogP contribution in [0.1, 0.15) is 6.92 Å². The van der Waals surface area contributed by atoms with Gasteiger partial charge in [-0.2, -0.15) is 0 Å². The highest BCUT2D eigenvalue weighted by Crippen LogP contribution is 2.50. The SMILES string of the molecule is C=CCOC(=O)C1=C(CN(C)CC(=O)N2CCN(C)CC2)S[C@@H]2[C@@H]([C@@H](C)O)C(=O)N12. The molecule has 0 aromatic carbocycles. The van der Waals surface area contributed by atoms with Gasteiger partial charge in [0.2, 0.25) is 11.8 Å². The molecule has 2 amide bonds. The highest BCUT2D eigenvalue weighted by atomic mass is 32.2. The molecule has 3 heterocycles. The number of fused-ring (bicyclic) bond motifs is 1. The summed E-state index contributed by atoms with van der Waals surface area (Å²) in [5.74, 6) is -1.37. The van der Waals surface area contributed by atoms with Crippen LogP contribution in [0.3, 0.4) is 0 Å². The van der Waals surface area contributed by atoms with E-state index in [1.807, 2.05) is 23.9 Å². The molecular weight excluding hydrogens is 408 g/mol. The Hall–Kier alpha value is -1.88. The van der Waals surface area contributed by atoms with Crippen molar-refractivity contribution in [1.29, 1.82) is 0 Å². The topological polar surface area (TPSA) is 93.6 Å². The van der Waals surface area contributed by atoms with Gasteiger partial charge < -0.3 is 19.6 Å². The van der Waals surface area contributed by atoms with Gasteiger partial charge in [-0.15, -0.1) is 11.8 Å². The van der Waals surface area contributed by atoms with Crippen LogP contribution < -0.4 is 0 Å². The molecule has 3 aliphatic rings. The van der Waals surface area contributed by atoms with Gasteiger partial charge in [0, 0.05) is 37.6 Å². The Morgan fingerprint density at radius 2 is 2.03 bits per heavy atom. The fourth-order valence-corrected chi connectivity index (χ4v) is 5.53. The molecule has 3 atom stereocenters. The van der Waals surface area contributed by atoms with Crippen LogP contribution in [0.25, 0.3) is 0 Å². The minimum Gasteiger partial charge on any atom is -0.457 e. The van der Waals surface area contributed by atoms with Crippen LogP contribution in [0.4, 0.5) is 0 Å². The van der Waals surface area contributed by atoms with E-state index in [1.165, 1.54) is 22.7 Å². The van der Waals surface area contributed by atoms with Gasteiger partial charge in [0.25, 0.3) is 0 Å². The Morgan fingerprint density at radius 1 is 1.37 bits per heavy atom. The number of amides is 2. The second-order valence-electron chi connectivity index (χ2n) is 8.00. The Labute approximate surface area is 181 Å². The molecule has 0 aromatic heterocycles. The van der Waals surface area contributed by atoms with Crippen molar-refractivity contribution in [3.8, 4) is 0 Å². The second-order valence-corrected chi connectivity index (χ2v) is 9.21. The molecule has 0 radical (unpaired) electrons. The number of hydrogen-bond donors (Lipinski definition) is 1. The maximum atomic E-state index is 12.6. The van der Waals surface area contributed by atoms with Gasteiger partial charge in [0.1, 0.15) is 17.7 Å². The molecule has 0 unspecified atom stereocenters. The molecule has 10 heteroatoms. The van der Waals surface area contributed by atoms with E-state index in [9.17, 15) is 19.5 Å². The predicted octanol–water partition coefficient (Wildman–Crippen LogP) is -0.455. The molecular formula is C20H30N4O5S. The van der Waals surface area contributed by atoms with Crippen LogP contribution in [0, 0.1) is 5.92 Å². The van der Waals surface area contributed by atoms with Gasteiger partial charge in [0.15, 0.2) is 0 Å². The fraction of sp³-hybridized carbons (Fsp3) is 0.650. The third kappa shape index (κ3) is 4.56. The van der Waals surface area contributed by atoms with Gasteiger partial charge >= 0.3 is 5.97 Å². The van der Waals surface area contributed by atoms with Crippen molar-refractivity contribution >= 4 is 29.5 Å². The number of aliphatic hydroxyl groups excluding tert-OH is 1. The van der Waals surface area contributed by atoms with Crippen LogP contribution in [-0.2, 0) is 19.1 Å². The maximum Gasteiger partial charge on any atom is 0.356 e. The summed E-state index contributed by atoms with van der Waals surface area (Å²) >= 11 is 1.39. The molecule has 3 rings (SSSR count). The summed E-state index contributed by atoms with van der Waals surface area (Å²) in [6.07, 6.45) is 0.669. The standard InChI is InChI=1S/C20H30N4O5S/c1-5-10-29-20(28)17-14(30-19-16(13(2)25)18(27)24(17)19)11-22(4)12-15(26)23-8-6-21(3)7-9-23/h5,13,16,19,25H,1,6-12H2,2-4H3/t13-,16+,19-/m1/s1. The van der Waals surface area contributed by atoms with Crippen molar-refractivity contribution in [1.82, 2.24) is 19.6 Å². The van der Waals surface area contributed by atoms with Crippen molar-refractivity contribution in [3.63, 3.8) is 0 Å². The Bertz CT molecular complexity index is 747. The number of carbonyl (C=O) groups is 3. The van der Waals surface area contributed by atoms with Crippen molar-refractivity contribution in [2.45, 2.75) is 18.4 Å². The zero-order chi connectivity index (χ0) is 22.0. The number of ether oxygens (including phenoxy) is 1. The summed E-state index contributed by atoms with van der Waals surface area (Å²) in [6, 6.07) is 0. The Morgan fingerprint density at radius 3 is 2.63 bits per heavy atom. The molecule has 2 saturated heterocycles. The number of β-lactam (4-membered cyclic amide) rings is 1. The van der Waals surface area contributed by atoms with Crippen LogP contribution in [-0.4, -0.2) is 114 Å². The molecule has 1 N–H and O–H groups in total. The lowest BCUT2D eigenvalue weighted by Gasteiger charge is -2.43. The number of thioether (sulfide) groups is 1. The van der Waals surface area contributed by atoms with E-state index in [-0.39, 0.29) is 36.0 Å². The maximum absolute atomic E-state index is 12.6. The lowest BCUT2D eigenvalue weighted by atomic mass is 9.92. The number of carbonyl (C=O) groups excluding carboxylic acids is 3. The Balaban J connectivity index is 1.69. The number of esters is 1. The smallest absolute Gasteiger partial charge is 0.356 e. The molecule has 2 fully saturated rings. The summed E-state index contributed by atoms with van der Waals surface area (Å²) in [4.78, 5) is 45.7. The number of likely N-dealkylation sites (N-methyl/N-ethyl adjacent to an activating group) is 2. The fourth-order valence-electron chi connectivity index (χ4n) is 3.85. The predicted molar refractivity (Wildman–Crippen MR) is 113 cm³/mol. The van der Waals surface area contributed by atoms with E-state index >= 15 is 0 Å². The highest BCUT2D eigenvalue weighted by molar-refractivity contribution is 8.04. The number of aliphatic hydroxyl groups is 1. The lowest BCUT2D eigenvalue weighted by Crippen LogP contribution is -2.60. The quantitative estimate of drug-likeness (QED) is 0.309. The first-order valence-corrected chi connectivity index (χ1v) is 11.0. The van der Waals surface area contributed by atoms with Crippen molar-refractivity contribution in [2.75, 3.05) is 60.0 Å². The monoisotopic (exact) mass is 438 g/mol. The largest absolute Gasteiger partial charge is 0.457 e. The van der Waals surface area contributed by atoms with E-state index in [0.717, 1.165) is 13.1 Å². The van der Waals surface area contributed by atoms with E-state index in [1.54, 1.807) is 6.92 Å². The first-order chi connectivity index (χ1) is 14.2. The second kappa shape index (κ2) is 9.51. The molecule has 166 valence electrons. The molecule has 0 aliphatic carbocycles. The first-order valence-electron chi connectivity index (χ1n) is 10.1. The average Bonchev–Trinajstić information content (AvgIpc) is 2.99. The highest BCUT2D eigenvalue weighted by Gasteiger charge is 2.57. The van der Waals surface area contributed by atoms with Gasteiger partial charge in [-0.25, -0.2) is 4.79 Å². The van der Waals surface area contributed by atoms with Gasteiger partial charge in [-0.1, -0.05) is 12.7 Å². The van der Waals surface area contributed by atoms with E-state index < -0.39 is 18.0 Å². The summed E-state index contributed by atoms with van der Waals surface area (Å²) < 4.78 is 5.19. The molecule has 0 aromatic rings.